The Bertz CT molecular complexity index is 383. The van der Waals surface area contributed by atoms with Gasteiger partial charge in [-0.05, 0) is 13.8 Å². The number of rotatable bonds is 1. The Morgan fingerprint density at radius 2 is 2.13 bits per heavy atom. The molecule has 0 radical (unpaired) electrons. The minimum Gasteiger partial charge on any atom is -0.480 e. The van der Waals surface area contributed by atoms with Gasteiger partial charge in [0, 0.05) is 0 Å². The van der Waals surface area contributed by atoms with Crippen molar-refractivity contribution in [1.82, 2.24) is 4.90 Å². The number of nitrogens with zero attached hydrogens (tertiary/aromatic N) is 1. The van der Waals surface area contributed by atoms with E-state index in [0.29, 0.717) is 0 Å². The standard InChI is InChI=1S/C8H10BrNO4S/c1-8(2)4(7(12)13)10-5(11)3(9)6(10)15(8)14/h3-4,6H,1-2H3,(H,12,13)/t3-,4-,6+,15+/m0/s1. The van der Waals surface area contributed by atoms with E-state index in [4.69, 9.17) is 5.11 Å². The maximum Gasteiger partial charge on any atom is 0.327 e. The van der Waals surface area contributed by atoms with E-state index < -0.39 is 37.8 Å². The average molecular weight is 296 g/mol. The SMILES string of the molecule is CC1(C)[C@H](C(=O)O)N2C(=O)[C@H](Br)[C@H]2[S@]1=O. The largest absolute Gasteiger partial charge is 0.480 e. The maximum absolute atomic E-state index is 12.0. The van der Waals surface area contributed by atoms with Crippen LogP contribution in [0.4, 0.5) is 0 Å². The fourth-order valence-electron chi connectivity index (χ4n) is 2.11. The zero-order chi connectivity index (χ0) is 11.5. The lowest BCUT2D eigenvalue weighted by Crippen LogP contribution is -2.64. The summed E-state index contributed by atoms with van der Waals surface area (Å²) in [5, 5.41) is 8.56. The third-order valence-electron chi connectivity index (χ3n) is 2.92. The highest BCUT2D eigenvalue weighted by Crippen LogP contribution is 2.45. The topological polar surface area (TPSA) is 74.7 Å². The fourth-order valence-corrected chi connectivity index (χ4v) is 5.01. The maximum atomic E-state index is 12.0. The molecule has 2 fully saturated rings. The van der Waals surface area contributed by atoms with Crippen molar-refractivity contribution in [1.29, 1.82) is 0 Å². The number of halogens is 1. The van der Waals surface area contributed by atoms with Gasteiger partial charge in [-0.15, -0.1) is 0 Å². The second-order valence-electron chi connectivity index (χ2n) is 4.18. The van der Waals surface area contributed by atoms with Gasteiger partial charge < -0.3 is 10.0 Å². The highest BCUT2D eigenvalue weighted by atomic mass is 79.9. The number of hydrogen-bond donors (Lipinski definition) is 1. The summed E-state index contributed by atoms with van der Waals surface area (Å²) in [6, 6.07) is -0.982. The fraction of sp³-hybridized carbons (Fsp3) is 0.750. The first-order chi connectivity index (χ1) is 6.80. The Morgan fingerprint density at radius 1 is 1.60 bits per heavy atom. The number of aliphatic carboxylic acids is 1. The van der Waals surface area contributed by atoms with Crippen LogP contribution in [0.15, 0.2) is 0 Å². The van der Waals surface area contributed by atoms with E-state index in [0.717, 1.165) is 0 Å². The summed E-state index contributed by atoms with van der Waals surface area (Å²) in [5.74, 6) is -1.38. The van der Waals surface area contributed by atoms with Crippen LogP contribution >= 0.6 is 15.9 Å². The van der Waals surface area contributed by atoms with Crippen molar-refractivity contribution in [2.24, 2.45) is 0 Å². The van der Waals surface area contributed by atoms with Gasteiger partial charge >= 0.3 is 5.97 Å². The van der Waals surface area contributed by atoms with Crippen LogP contribution in [0.3, 0.4) is 0 Å². The van der Waals surface area contributed by atoms with Gasteiger partial charge in [-0.2, -0.15) is 0 Å². The number of fused-ring (bicyclic) bond motifs is 1. The smallest absolute Gasteiger partial charge is 0.327 e. The van der Waals surface area contributed by atoms with Crippen molar-refractivity contribution in [3.8, 4) is 0 Å². The van der Waals surface area contributed by atoms with Crippen LogP contribution in [-0.2, 0) is 20.4 Å². The molecule has 0 aromatic carbocycles. The van der Waals surface area contributed by atoms with Gasteiger partial charge in [0.15, 0.2) is 0 Å². The molecular formula is C8H10BrNO4S. The molecule has 1 N–H and O–H groups in total. The minimum absolute atomic E-state index is 0.286. The molecule has 15 heavy (non-hydrogen) atoms. The third-order valence-corrected chi connectivity index (χ3v) is 6.36. The number of alkyl halides is 1. The molecule has 0 aromatic heterocycles. The Labute approximate surface area is 97.4 Å². The van der Waals surface area contributed by atoms with E-state index in [1.54, 1.807) is 13.8 Å². The Balaban J connectivity index is 2.45. The summed E-state index contributed by atoms with van der Waals surface area (Å²) >= 11 is 3.12. The quantitative estimate of drug-likeness (QED) is 0.542. The van der Waals surface area contributed by atoms with Crippen molar-refractivity contribution < 1.29 is 18.9 Å². The summed E-state index contributed by atoms with van der Waals surface area (Å²) in [5.41, 5.74) is 0. The number of carboxylic acids is 1. The van der Waals surface area contributed by atoms with Crippen LogP contribution in [-0.4, -0.2) is 47.1 Å². The normalized spacial score (nSPS) is 42.3. The first-order valence-electron chi connectivity index (χ1n) is 4.40. The van der Waals surface area contributed by atoms with E-state index in [-0.39, 0.29) is 5.91 Å². The van der Waals surface area contributed by atoms with Gasteiger partial charge in [-0.1, -0.05) is 15.9 Å². The molecule has 0 aliphatic carbocycles. The Hall–Kier alpha value is -0.430. The van der Waals surface area contributed by atoms with Gasteiger partial charge in [0.1, 0.15) is 16.2 Å². The van der Waals surface area contributed by atoms with Crippen molar-refractivity contribution >= 4 is 38.6 Å². The lowest BCUT2D eigenvalue weighted by atomic mass is 9.98. The van der Waals surface area contributed by atoms with Crippen LogP contribution in [0.1, 0.15) is 13.8 Å². The van der Waals surface area contributed by atoms with E-state index in [1.807, 2.05) is 0 Å². The molecule has 0 aromatic rings. The molecule has 4 atom stereocenters. The van der Waals surface area contributed by atoms with Crippen molar-refractivity contribution in [2.75, 3.05) is 0 Å². The summed E-state index contributed by atoms with van der Waals surface area (Å²) < 4.78 is 11.1. The van der Waals surface area contributed by atoms with Crippen LogP contribution in [0, 0.1) is 0 Å². The number of β-lactam (4-membered cyclic amide) rings is 1. The Morgan fingerprint density at radius 3 is 2.60 bits per heavy atom. The van der Waals surface area contributed by atoms with Gasteiger partial charge in [0.05, 0.1) is 15.5 Å². The molecule has 2 rings (SSSR count). The second kappa shape index (κ2) is 3.04. The van der Waals surface area contributed by atoms with Gasteiger partial charge in [-0.25, -0.2) is 4.79 Å². The summed E-state index contributed by atoms with van der Waals surface area (Å²) in [6.45, 7) is 3.24. The van der Waals surface area contributed by atoms with E-state index in [9.17, 15) is 13.8 Å². The molecule has 7 heteroatoms. The van der Waals surface area contributed by atoms with Crippen molar-refractivity contribution in [3.63, 3.8) is 0 Å². The number of hydrogen-bond acceptors (Lipinski definition) is 3. The van der Waals surface area contributed by atoms with Crippen LogP contribution in [0.2, 0.25) is 0 Å². The molecule has 0 bridgehead atoms. The average Bonchev–Trinajstić information content (AvgIpc) is 2.32. The number of carbonyl (C=O) groups is 2. The minimum atomic E-state index is -1.35. The molecule has 0 saturated carbocycles. The molecular weight excluding hydrogens is 286 g/mol. The lowest BCUT2D eigenvalue weighted by molar-refractivity contribution is -0.156. The first-order valence-corrected chi connectivity index (χ1v) is 6.52. The molecule has 1 amide bonds. The van der Waals surface area contributed by atoms with Crippen LogP contribution in [0.25, 0.3) is 0 Å². The van der Waals surface area contributed by atoms with Gasteiger partial charge in [-0.3, -0.25) is 9.00 Å². The molecule has 2 heterocycles. The predicted molar refractivity (Wildman–Crippen MR) is 57.0 cm³/mol. The van der Waals surface area contributed by atoms with Gasteiger partial charge in [0.2, 0.25) is 5.91 Å². The van der Waals surface area contributed by atoms with Crippen LogP contribution in [0.5, 0.6) is 0 Å². The van der Waals surface area contributed by atoms with Gasteiger partial charge in [0.25, 0.3) is 0 Å². The van der Waals surface area contributed by atoms with E-state index in [1.165, 1.54) is 4.90 Å². The summed E-state index contributed by atoms with van der Waals surface area (Å²) in [7, 11) is -1.35. The molecule has 2 aliphatic rings. The lowest BCUT2D eigenvalue weighted by Gasteiger charge is -2.40. The van der Waals surface area contributed by atoms with Crippen LogP contribution < -0.4 is 0 Å². The zero-order valence-corrected chi connectivity index (χ0v) is 10.5. The first kappa shape index (κ1) is 11.1. The highest BCUT2D eigenvalue weighted by molar-refractivity contribution is 9.10. The molecule has 84 valence electrons. The predicted octanol–water partition coefficient (Wildman–Crippen LogP) is -0.0877. The number of carboxylic acid groups (broad SMARTS) is 1. The molecule has 2 aliphatic heterocycles. The zero-order valence-electron chi connectivity index (χ0n) is 8.14. The molecule has 0 spiro atoms. The summed E-state index contributed by atoms with van der Waals surface area (Å²) in [4.78, 5) is 23.3. The third kappa shape index (κ3) is 1.16. The molecule has 0 unspecified atom stereocenters. The van der Waals surface area contributed by atoms with E-state index in [2.05, 4.69) is 15.9 Å². The van der Waals surface area contributed by atoms with E-state index >= 15 is 0 Å². The Kier molecular flexibility index (Phi) is 2.24. The number of amides is 1. The molecule has 5 nitrogen and oxygen atoms in total. The van der Waals surface area contributed by atoms with Crippen molar-refractivity contribution in [2.45, 2.75) is 34.8 Å². The monoisotopic (exact) mass is 295 g/mol. The second-order valence-corrected chi connectivity index (χ2v) is 7.30. The molecule has 2 saturated heterocycles. The highest BCUT2D eigenvalue weighted by Gasteiger charge is 2.67. The van der Waals surface area contributed by atoms with Crippen molar-refractivity contribution in [3.05, 3.63) is 0 Å². The summed E-state index contributed by atoms with van der Waals surface area (Å²) in [6.07, 6.45) is 0. The number of carbonyl (C=O) groups excluding carboxylic acids is 1.